The molecular weight excluding hydrogens is 432 g/mol. The van der Waals surface area contributed by atoms with Crippen molar-refractivity contribution >= 4 is 40.7 Å². The number of amides is 1. The van der Waals surface area contributed by atoms with Gasteiger partial charge in [0.15, 0.2) is 6.04 Å². The second-order valence-electron chi connectivity index (χ2n) is 7.45. The summed E-state index contributed by atoms with van der Waals surface area (Å²) in [6.45, 7) is 0. The van der Waals surface area contributed by atoms with Crippen molar-refractivity contribution in [2.45, 2.75) is 11.8 Å². The molecule has 0 aliphatic heterocycles. The number of hydrogen-bond donors (Lipinski definition) is 0. The number of thioether (sulfide) groups is 1. The molecule has 0 radical (unpaired) electrons. The van der Waals surface area contributed by atoms with Crippen LogP contribution in [-0.2, 0) is 20.1 Å². The molecule has 0 fully saturated rings. The van der Waals surface area contributed by atoms with E-state index in [1.165, 1.54) is 12.0 Å². The first-order valence-corrected chi connectivity index (χ1v) is 11.9. The number of hydrogen-bond acceptors (Lipinski definition) is 5. The summed E-state index contributed by atoms with van der Waals surface area (Å²) in [6.07, 6.45) is 2.73. The Labute approximate surface area is 197 Å². The third-order valence-electron chi connectivity index (χ3n) is 5.49. The van der Waals surface area contributed by atoms with Crippen molar-refractivity contribution in [1.82, 2.24) is 4.98 Å². The second kappa shape index (κ2) is 10.3. The lowest BCUT2D eigenvalue weighted by atomic mass is 9.98. The van der Waals surface area contributed by atoms with Crippen LogP contribution >= 0.6 is 11.8 Å². The Morgan fingerprint density at radius 2 is 1.64 bits per heavy atom. The Kier molecular flexibility index (Phi) is 7.05. The molecule has 6 heteroatoms. The largest absolute Gasteiger partial charge is 0.467 e. The number of aromatic nitrogens is 1. The van der Waals surface area contributed by atoms with Gasteiger partial charge in [-0.05, 0) is 17.9 Å². The minimum atomic E-state index is -0.927. The average molecular weight is 457 g/mol. The van der Waals surface area contributed by atoms with Gasteiger partial charge in [-0.2, -0.15) is 11.8 Å². The fraction of sp³-hybridized carbons (Fsp3) is 0.148. The average Bonchev–Trinajstić information content (AvgIpc) is 2.88. The van der Waals surface area contributed by atoms with Crippen molar-refractivity contribution in [2.75, 3.05) is 18.3 Å². The number of benzene rings is 3. The molecule has 0 aliphatic rings. The molecule has 3 aromatic carbocycles. The summed E-state index contributed by atoms with van der Waals surface area (Å²) in [7, 11) is 1.34. The lowest BCUT2D eigenvalue weighted by Gasteiger charge is -2.30. The molecule has 1 unspecified atom stereocenters. The fourth-order valence-electron chi connectivity index (χ4n) is 4.04. The maximum Gasteiger partial charge on any atom is 0.333 e. The van der Waals surface area contributed by atoms with E-state index in [-0.39, 0.29) is 0 Å². The maximum absolute atomic E-state index is 13.0. The van der Waals surface area contributed by atoms with Gasteiger partial charge in [0, 0.05) is 22.3 Å². The lowest BCUT2D eigenvalue weighted by Crippen LogP contribution is -2.35. The topological polar surface area (TPSA) is 59.5 Å². The Hall–Kier alpha value is -3.64. The molecule has 1 atom stereocenters. The van der Waals surface area contributed by atoms with Crippen LogP contribution in [0, 0.1) is 0 Å². The van der Waals surface area contributed by atoms with Crippen molar-refractivity contribution in [3.63, 3.8) is 0 Å². The van der Waals surface area contributed by atoms with Gasteiger partial charge in [0.2, 0.25) is 6.41 Å². The molecule has 4 rings (SSSR count). The third-order valence-corrected chi connectivity index (χ3v) is 6.07. The standard InChI is InChI=1S/C27H24N2O3S/c1-32-27(31)25(20-13-7-4-8-14-20)29(18-30)26-21-15-9-10-16-23(21)28-24(22(26)17-33-2)19-11-5-3-6-12-19/h3-16,18,25H,17H2,1-2H3. The van der Waals surface area contributed by atoms with Crippen LogP contribution in [0.15, 0.2) is 84.9 Å². The highest BCUT2D eigenvalue weighted by atomic mass is 32.2. The van der Waals surface area contributed by atoms with E-state index in [4.69, 9.17) is 9.72 Å². The van der Waals surface area contributed by atoms with Crippen LogP contribution in [0.4, 0.5) is 5.69 Å². The summed E-state index contributed by atoms with van der Waals surface area (Å²) in [5, 5.41) is 0.804. The lowest BCUT2D eigenvalue weighted by molar-refractivity contribution is -0.143. The zero-order valence-corrected chi connectivity index (χ0v) is 19.3. The Morgan fingerprint density at radius 1 is 1.00 bits per heavy atom. The summed E-state index contributed by atoms with van der Waals surface area (Å²) < 4.78 is 5.14. The number of carbonyl (C=O) groups excluding carboxylic acids is 2. The highest BCUT2D eigenvalue weighted by molar-refractivity contribution is 7.97. The van der Waals surface area contributed by atoms with Crippen LogP contribution in [0.1, 0.15) is 17.2 Å². The molecule has 0 N–H and O–H groups in total. The monoisotopic (exact) mass is 456 g/mol. The number of nitrogens with zero attached hydrogens (tertiary/aromatic N) is 2. The van der Waals surface area contributed by atoms with E-state index >= 15 is 0 Å². The summed E-state index contributed by atoms with van der Waals surface area (Å²) in [5.74, 6) is 0.107. The number of carbonyl (C=O) groups is 2. The Balaban J connectivity index is 2.06. The van der Waals surface area contributed by atoms with Crippen LogP contribution in [0.2, 0.25) is 0 Å². The fourth-order valence-corrected chi connectivity index (χ4v) is 4.61. The van der Waals surface area contributed by atoms with E-state index in [1.54, 1.807) is 11.8 Å². The number of para-hydroxylation sites is 1. The van der Waals surface area contributed by atoms with Crippen molar-refractivity contribution < 1.29 is 14.3 Å². The van der Waals surface area contributed by atoms with Gasteiger partial charge in [-0.1, -0.05) is 78.9 Å². The second-order valence-corrected chi connectivity index (χ2v) is 8.32. The van der Waals surface area contributed by atoms with E-state index < -0.39 is 12.0 Å². The molecule has 0 spiro atoms. The molecule has 0 saturated heterocycles. The molecule has 1 amide bonds. The van der Waals surface area contributed by atoms with Crippen molar-refractivity contribution in [3.8, 4) is 11.3 Å². The first kappa shape index (κ1) is 22.6. The van der Waals surface area contributed by atoms with Gasteiger partial charge in [-0.3, -0.25) is 9.69 Å². The summed E-state index contributed by atoms with van der Waals surface area (Å²) >= 11 is 1.64. The minimum Gasteiger partial charge on any atom is -0.467 e. The molecule has 166 valence electrons. The zero-order chi connectivity index (χ0) is 23.2. The SMILES string of the molecule is COC(=O)C(c1ccccc1)N(C=O)c1c(CSC)c(-c2ccccc2)nc2ccccc12. The predicted octanol–water partition coefficient (Wildman–Crippen LogP) is 5.64. The van der Waals surface area contributed by atoms with Crippen molar-refractivity contribution in [2.24, 2.45) is 0 Å². The molecule has 1 aromatic heterocycles. The minimum absolute atomic E-state index is 0.509. The first-order chi connectivity index (χ1) is 16.2. The third kappa shape index (κ3) is 4.47. The van der Waals surface area contributed by atoms with Gasteiger partial charge in [0.25, 0.3) is 0 Å². The van der Waals surface area contributed by atoms with Crippen LogP contribution in [0.25, 0.3) is 22.2 Å². The summed E-state index contributed by atoms with van der Waals surface area (Å²) in [5.41, 5.74) is 4.73. The number of pyridine rings is 1. The van der Waals surface area contributed by atoms with Crippen LogP contribution in [-0.4, -0.2) is 30.7 Å². The van der Waals surface area contributed by atoms with Gasteiger partial charge >= 0.3 is 5.97 Å². The quantitative estimate of drug-likeness (QED) is 0.254. The van der Waals surface area contributed by atoms with Crippen molar-refractivity contribution in [1.29, 1.82) is 0 Å². The van der Waals surface area contributed by atoms with Gasteiger partial charge in [0.1, 0.15) is 0 Å². The first-order valence-electron chi connectivity index (χ1n) is 10.5. The molecule has 0 saturated carbocycles. The number of rotatable bonds is 8. The van der Waals surface area contributed by atoms with Gasteiger partial charge in [-0.25, -0.2) is 9.78 Å². The van der Waals surface area contributed by atoms with Gasteiger partial charge < -0.3 is 4.74 Å². The summed E-state index contributed by atoms with van der Waals surface area (Å²) in [6, 6.07) is 25.9. The number of fused-ring (bicyclic) bond motifs is 1. The van der Waals surface area contributed by atoms with E-state index in [2.05, 4.69) is 0 Å². The van der Waals surface area contributed by atoms with Crippen molar-refractivity contribution in [3.05, 3.63) is 96.1 Å². The normalized spacial score (nSPS) is 11.7. The van der Waals surface area contributed by atoms with Crippen LogP contribution < -0.4 is 4.90 Å². The highest BCUT2D eigenvalue weighted by Gasteiger charge is 2.32. The number of methoxy groups -OCH3 is 1. The number of anilines is 1. The van der Waals surface area contributed by atoms with Crippen LogP contribution in [0.3, 0.4) is 0 Å². The van der Waals surface area contributed by atoms with E-state index in [1.807, 2.05) is 91.2 Å². The van der Waals surface area contributed by atoms with Gasteiger partial charge in [-0.15, -0.1) is 0 Å². The molecule has 0 bridgehead atoms. The summed E-state index contributed by atoms with van der Waals surface area (Å²) in [4.78, 5) is 32.1. The molecular formula is C27H24N2O3S. The molecule has 4 aromatic rings. The highest BCUT2D eigenvalue weighted by Crippen LogP contribution is 2.41. The van der Waals surface area contributed by atoms with Crippen LogP contribution in [0.5, 0.6) is 0 Å². The van der Waals surface area contributed by atoms with Gasteiger partial charge in [0.05, 0.1) is 24.0 Å². The molecule has 1 heterocycles. The molecule has 5 nitrogen and oxygen atoms in total. The molecule has 0 aliphatic carbocycles. The van der Waals surface area contributed by atoms with E-state index in [9.17, 15) is 9.59 Å². The number of ether oxygens (including phenoxy) is 1. The van der Waals surface area contributed by atoms with E-state index in [0.29, 0.717) is 17.0 Å². The smallest absolute Gasteiger partial charge is 0.333 e. The zero-order valence-electron chi connectivity index (χ0n) is 18.5. The molecule has 33 heavy (non-hydrogen) atoms. The van der Waals surface area contributed by atoms with E-state index in [0.717, 1.165) is 34.1 Å². The Morgan fingerprint density at radius 3 is 2.27 bits per heavy atom. The number of esters is 1. The maximum atomic E-state index is 13.0. The Bertz CT molecular complexity index is 1260. The predicted molar refractivity (Wildman–Crippen MR) is 134 cm³/mol.